The van der Waals surface area contributed by atoms with Crippen LogP contribution < -0.4 is 14.7 Å². The van der Waals surface area contributed by atoms with Crippen LogP contribution in [0.2, 0.25) is 30.1 Å². The summed E-state index contributed by atoms with van der Waals surface area (Å²) >= 11 is 43.8. The zero-order chi connectivity index (χ0) is 71.9. The molecule has 3 saturated heterocycles. The predicted octanol–water partition coefficient (Wildman–Crippen LogP) is 17.4. The van der Waals surface area contributed by atoms with Crippen molar-refractivity contribution in [2.45, 2.75) is 151 Å². The van der Waals surface area contributed by atoms with Gasteiger partial charge in [-0.2, -0.15) is 0 Å². The Balaban J connectivity index is 0.603. The topological polar surface area (TPSA) is 279 Å². The lowest BCUT2D eigenvalue weighted by atomic mass is 9.66. The van der Waals surface area contributed by atoms with Crippen LogP contribution in [0.15, 0.2) is 105 Å². The normalized spacial score (nSPS) is 26.4. The molecule has 18 rings (SSSR count). The fourth-order valence-electron chi connectivity index (χ4n) is 17.8. The summed E-state index contributed by atoms with van der Waals surface area (Å²) in [6.07, 6.45) is 14.2. The van der Waals surface area contributed by atoms with Gasteiger partial charge in [-0.05, 0) is 183 Å². The lowest BCUT2D eigenvalue weighted by Crippen LogP contribution is -2.44. The standard InChI is InChI=1S/C77H70Cl6N10O12/c78-53-2-1-3-54(79)61(53)66-51(33-101-43-26-76(27-43)17-20-92(36-76)59-14-6-39(30-85-59)72(94)95)70(104-88-66)48-22-46(48)45-9-11-56(81)63(65(45)83)68-52(34-102-41-24-75(25-41)16-19-91(35-75)40-7-12-57(73(96)97)84-31-40)71(105-90-68)49-23-47(49)44-8-10-55(80)62(64(44)82)67-50(69(103-89-67)38-4-5-38)32-100-42-28-77(29-42)18-21-93(37-77)60-15-13-58(74(98)99)86-87-60/h1-3,6-15,30-31,38,41-43,46-49H,4-5,16-29,32-37H2,(H,94,95)(H,96,97)(H,98,99). The third kappa shape index (κ3) is 12.8. The first kappa shape index (κ1) is 68.9. The van der Waals surface area contributed by atoms with Gasteiger partial charge in [0.25, 0.3) is 0 Å². The van der Waals surface area contributed by atoms with E-state index in [2.05, 4.69) is 40.0 Å². The number of aromatic carboxylic acids is 3. The summed E-state index contributed by atoms with van der Waals surface area (Å²) in [6, 6.07) is 23.0. The van der Waals surface area contributed by atoms with E-state index in [0.717, 1.165) is 155 Å². The van der Waals surface area contributed by atoms with Crippen LogP contribution in [-0.4, -0.2) is 126 Å². The van der Waals surface area contributed by atoms with Gasteiger partial charge in [-0.3, -0.25) is 0 Å². The molecule has 3 aromatic carbocycles. The quantitative estimate of drug-likeness (QED) is 0.0536. The van der Waals surface area contributed by atoms with Crippen molar-refractivity contribution < 1.29 is 57.5 Å². The fourth-order valence-corrected chi connectivity index (χ4v) is 19.8. The Bertz CT molecular complexity index is 4920. The van der Waals surface area contributed by atoms with E-state index in [1.807, 2.05) is 30.3 Å². The number of carbonyl (C=O) groups is 3. The number of hydrogen-bond donors (Lipinski definition) is 3. The number of hydrogen-bond acceptors (Lipinski definition) is 19. The maximum atomic E-state index is 11.6. The fraction of sp³-hybridized carbons (Fsp3) is 0.429. The summed E-state index contributed by atoms with van der Waals surface area (Å²) in [4.78, 5) is 49.9. The highest BCUT2D eigenvalue weighted by Gasteiger charge is 2.54. The minimum Gasteiger partial charge on any atom is -0.478 e. The van der Waals surface area contributed by atoms with E-state index in [4.69, 9.17) is 108 Å². The summed E-state index contributed by atoms with van der Waals surface area (Å²) in [7, 11) is 0. The molecular formula is C77H70Cl6N10O12. The van der Waals surface area contributed by atoms with E-state index in [9.17, 15) is 29.7 Å². The Labute approximate surface area is 632 Å². The molecule has 105 heavy (non-hydrogen) atoms. The van der Waals surface area contributed by atoms with Gasteiger partial charge in [0.05, 0.1) is 85.7 Å². The molecule has 22 nitrogen and oxygen atoms in total. The summed E-state index contributed by atoms with van der Waals surface area (Å²) in [5.41, 5.74) is 8.36. The second-order valence-electron chi connectivity index (χ2n) is 30.6. The number of halogens is 6. The average Bonchev–Trinajstić information content (AvgIpc) is 1.39. The van der Waals surface area contributed by atoms with Crippen molar-refractivity contribution in [2.24, 2.45) is 16.2 Å². The SMILES string of the molecule is O=C(O)c1ccc(N2CCC3(CC(OCc4c(-c5c(Cl)cccc5Cl)noc4C4CC4c4ccc(Cl)c(-c5noc(C6CC6c6ccc(Cl)c(-c7noc(C8CC8)c7COC7CC8(CCN(c9ccc(C(=O)O)nn9)C8)C7)c6Cl)c5COC5CC6(CCN(c7ccc(C(=O)O)nc7)C6)C5)c4Cl)C3)C2)nc1. The molecule has 542 valence electrons. The molecule has 28 heteroatoms. The Morgan fingerprint density at radius 2 is 0.924 bits per heavy atom. The van der Waals surface area contributed by atoms with Gasteiger partial charge in [0.1, 0.15) is 45.9 Å². The van der Waals surface area contributed by atoms with E-state index < -0.39 is 17.9 Å². The van der Waals surface area contributed by atoms with Crippen LogP contribution in [0.3, 0.4) is 0 Å². The number of rotatable bonds is 23. The van der Waals surface area contributed by atoms with Crippen LogP contribution in [0, 0.1) is 16.2 Å². The van der Waals surface area contributed by atoms with Gasteiger partial charge >= 0.3 is 17.9 Å². The minimum atomic E-state index is -1.11. The minimum absolute atomic E-state index is 0.00432. The maximum Gasteiger partial charge on any atom is 0.356 e. The van der Waals surface area contributed by atoms with Crippen molar-refractivity contribution in [2.75, 3.05) is 54.0 Å². The number of benzene rings is 3. The van der Waals surface area contributed by atoms with E-state index in [0.29, 0.717) is 94.1 Å². The third-order valence-electron chi connectivity index (χ3n) is 23.9. The van der Waals surface area contributed by atoms with Gasteiger partial charge in [-0.1, -0.05) is 103 Å². The number of nitrogens with zero attached hydrogens (tertiary/aromatic N) is 10. The zero-order valence-corrected chi connectivity index (χ0v) is 61.1. The highest BCUT2D eigenvalue weighted by Crippen LogP contribution is 2.63. The Morgan fingerprint density at radius 1 is 0.467 bits per heavy atom. The average molecular weight is 1540 g/mol. The van der Waals surface area contributed by atoms with Crippen LogP contribution in [0.1, 0.15) is 189 Å². The summed E-state index contributed by atoms with van der Waals surface area (Å²) in [5, 5.41) is 53.2. The molecule has 3 N–H and O–H groups in total. The number of aromatic nitrogens is 7. The van der Waals surface area contributed by atoms with Crippen molar-refractivity contribution in [3.05, 3.63) is 183 Å². The molecule has 4 unspecified atom stereocenters. The first-order valence-corrected chi connectivity index (χ1v) is 38.0. The van der Waals surface area contributed by atoms with Crippen LogP contribution in [-0.2, 0) is 34.0 Å². The Morgan fingerprint density at radius 3 is 1.38 bits per heavy atom. The lowest BCUT2D eigenvalue weighted by Gasteiger charge is -2.45. The molecule has 3 spiro atoms. The highest BCUT2D eigenvalue weighted by atomic mass is 35.5. The molecule has 6 aromatic heterocycles. The van der Waals surface area contributed by atoms with Gasteiger partial charge in [-0.15, -0.1) is 10.2 Å². The number of anilines is 3. The molecule has 0 amide bonds. The third-order valence-corrected chi connectivity index (χ3v) is 26.0. The van der Waals surface area contributed by atoms with Gasteiger partial charge < -0.3 is 57.8 Å². The Kier molecular flexibility index (Phi) is 17.6. The predicted molar refractivity (Wildman–Crippen MR) is 391 cm³/mol. The first-order valence-electron chi connectivity index (χ1n) is 35.7. The summed E-state index contributed by atoms with van der Waals surface area (Å²) in [5.74, 6) is 0.00237. The van der Waals surface area contributed by atoms with E-state index >= 15 is 0 Å². The van der Waals surface area contributed by atoms with Crippen LogP contribution >= 0.6 is 69.6 Å². The van der Waals surface area contributed by atoms with Crippen LogP contribution in [0.25, 0.3) is 33.8 Å². The largest absolute Gasteiger partial charge is 0.478 e. The molecule has 6 aliphatic carbocycles. The molecular weight excluding hydrogens is 1470 g/mol. The molecule has 9 aliphatic rings. The monoisotopic (exact) mass is 1540 g/mol. The zero-order valence-electron chi connectivity index (χ0n) is 56.6. The number of pyridine rings is 2. The molecule has 6 saturated carbocycles. The first-order chi connectivity index (χ1) is 50.8. The van der Waals surface area contributed by atoms with Gasteiger partial charge in [0, 0.05) is 96.6 Å². The number of carboxylic acids is 3. The second-order valence-corrected chi connectivity index (χ2v) is 33.0. The van der Waals surface area contributed by atoms with Gasteiger partial charge in [0.15, 0.2) is 11.5 Å². The van der Waals surface area contributed by atoms with E-state index in [1.165, 1.54) is 12.3 Å². The van der Waals surface area contributed by atoms with Crippen molar-refractivity contribution in [3.63, 3.8) is 0 Å². The van der Waals surface area contributed by atoms with Crippen molar-refractivity contribution in [3.8, 4) is 33.8 Å². The number of carboxylic acid groups (broad SMARTS) is 3. The van der Waals surface area contributed by atoms with Crippen LogP contribution in [0.4, 0.5) is 17.3 Å². The summed E-state index contributed by atoms with van der Waals surface area (Å²) < 4.78 is 39.6. The molecule has 9 aromatic rings. The molecule has 3 aliphatic heterocycles. The van der Waals surface area contributed by atoms with Gasteiger partial charge in [-0.25, -0.2) is 24.4 Å². The second kappa shape index (κ2) is 26.8. The van der Waals surface area contributed by atoms with Crippen LogP contribution in [0.5, 0.6) is 0 Å². The molecule has 9 fully saturated rings. The molecule has 0 bridgehead atoms. The van der Waals surface area contributed by atoms with Crippen molar-refractivity contribution >= 4 is 105 Å². The smallest absolute Gasteiger partial charge is 0.356 e. The van der Waals surface area contributed by atoms with E-state index in [1.54, 1.807) is 48.7 Å². The highest BCUT2D eigenvalue weighted by molar-refractivity contribution is 6.41. The number of ether oxygens (including phenoxy) is 3. The van der Waals surface area contributed by atoms with Crippen molar-refractivity contribution in [1.82, 2.24) is 35.6 Å². The lowest BCUT2D eigenvalue weighted by molar-refractivity contribution is -0.0798. The maximum absolute atomic E-state index is 11.6. The van der Waals surface area contributed by atoms with E-state index in [-0.39, 0.29) is 101 Å². The molecule has 4 atom stereocenters. The molecule has 9 heterocycles. The molecule has 0 radical (unpaired) electrons. The Hall–Kier alpha value is -7.90. The van der Waals surface area contributed by atoms with Crippen molar-refractivity contribution in [1.29, 1.82) is 0 Å². The van der Waals surface area contributed by atoms with Gasteiger partial charge in [0.2, 0.25) is 0 Å². The summed E-state index contributed by atoms with van der Waals surface area (Å²) in [6.45, 7) is 5.43.